The molecule has 1 aliphatic heterocycles. The number of aliphatic hydroxyl groups is 1. The number of sulfone groups is 1. The highest BCUT2D eigenvalue weighted by Crippen LogP contribution is 2.43. The summed E-state index contributed by atoms with van der Waals surface area (Å²) in [5.41, 5.74) is 0. The summed E-state index contributed by atoms with van der Waals surface area (Å²) in [5, 5.41) is 15.2. The van der Waals surface area contributed by atoms with E-state index < -0.39 is 28.0 Å². The third-order valence-electron chi connectivity index (χ3n) is 5.99. The standard InChI is InChI=1S/C24H30F2N2O4S2/c1-24(25,26)21-16-20(32-18-6-3-2-4-7-18)22(33-21)23(29)27-19(17-8-9-17)10-14-34(30,31)15-13-28-11-5-12-28/h2-4,6-7,10,14,16-17,19,23,27,29H,5,8-9,11-13,15H2,1H3/b14-10+/t19-,23?/m1/s1. The van der Waals surface area contributed by atoms with Crippen LogP contribution in [-0.4, -0.2) is 49.9 Å². The van der Waals surface area contributed by atoms with Gasteiger partial charge in [-0.2, -0.15) is 0 Å². The minimum absolute atomic E-state index is 0.0539. The van der Waals surface area contributed by atoms with Gasteiger partial charge in [0.2, 0.25) is 0 Å². The Bertz CT molecular complexity index is 1090. The molecule has 0 amide bonds. The number of hydrogen-bond acceptors (Lipinski definition) is 7. The average molecular weight is 513 g/mol. The Kier molecular flexibility index (Phi) is 7.73. The molecule has 2 heterocycles. The van der Waals surface area contributed by atoms with Crippen molar-refractivity contribution >= 4 is 21.2 Å². The Labute approximate surface area is 203 Å². The second kappa shape index (κ2) is 10.4. The SMILES string of the molecule is CC(F)(F)c1cc(Oc2ccccc2)c(C(O)N[C@H](/C=C/S(=O)(=O)CCN2CCC2)C2CC2)s1. The highest BCUT2D eigenvalue weighted by molar-refractivity contribution is 7.94. The number of hydrogen-bond donors (Lipinski definition) is 2. The molecular formula is C24H30F2N2O4S2. The highest BCUT2D eigenvalue weighted by Gasteiger charge is 2.34. The van der Waals surface area contributed by atoms with Crippen molar-refractivity contribution in [3.05, 3.63) is 57.6 Å². The van der Waals surface area contributed by atoms with E-state index in [1.807, 2.05) is 6.07 Å². The van der Waals surface area contributed by atoms with Crippen LogP contribution in [0.1, 0.15) is 42.2 Å². The maximum atomic E-state index is 14.0. The molecule has 0 radical (unpaired) electrons. The Morgan fingerprint density at radius 1 is 1.29 bits per heavy atom. The molecule has 2 fully saturated rings. The largest absolute Gasteiger partial charge is 0.456 e. The van der Waals surface area contributed by atoms with Gasteiger partial charge < -0.3 is 14.7 Å². The number of thiophene rings is 1. The Balaban J connectivity index is 1.49. The number of rotatable bonds is 12. The molecule has 6 nitrogen and oxygen atoms in total. The molecule has 1 saturated heterocycles. The van der Waals surface area contributed by atoms with Crippen molar-refractivity contribution in [2.24, 2.45) is 5.92 Å². The molecule has 2 atom stereocenters. The number of halogens is 2. The van der Waals surface area contributed by atoms with Crippen LogP contribution in [0.25, 0.3) is 0 Å². The third kappa shape index (κ3) is 6.85. The number of nitrogens with one attached hydrogen (secondary N) is 1. The zero-order valence-electron chi connectivity index (χ0n) is 19.0. The van der Waals surface area contributed by atoms with E-state index in [1.54, 1.807) is 30.3 Å². The predicted octanol–water partition coefficient (Wildman–Crippen LogP) is 4.65. The maximum absolute atomic E-state index is 14.0. The second-order valence-corrected chi connectivity index (χ2v) is 12.1. The van der Waals surface area contributed by atoms with E-state index in [0.29, 0.717) is 12.3 Å². The average Bonchev–Trinajstić information content (AvgIpc) is 3.49. The monoisotopic (exact) mass is 512 g/mol. The Hall–Kier alpha value is -1.85. The molecule has 0 bridgehead atoms. The molecule has 2 aliphatic rings. The van der Waals surface area contributed by atoms with Crippen molar-refractivity contribution in [3.63, 3.8) is 0 Å². The van der Waals surface area contributed by atoms with Gasteiger partial charge in [0.25, 0.3) is 5.92 Å². The summed E-state index contributed by atoms with van der Waals surface area (Å²) in [5.74, 6) is -2.24. The Morgan fingerprint density at radius 2 is 2.00 bits per heavy atom. The van der Waals surface area contributed by atoms with Gasteiger partial charge >= 0.3 is 0 Å². The van der Waals surface area contributed by atoms with Crippen LogP contribution in [0.4, 0.5) is 8.78 Å². The molecule has 34 heavy (non-hydrogen) atoms. The zero-order valence-corrected chi connectivity index (χ0v) is 20.6. The minimum Gasteiger partial charge on any atom is -0.456 e. The number of nitrogens with zero attached hydrogens (tertiary/aromatic N) is 1. The summed E-state index contributed by atoms with van der Waals surface area (Å²) in [7, 11) is -3.38. The van der Waals surface area contributed by atoms with Gasteiger partial charge in [-0.1, -0.05) is 24.3 Å². The first-order valence-electron chi connectivity index (χ1n) is 11.4. The molecule has 2 N–H and O–H groups in total. The minimum atomic E-state index is -3.38. The van der Waals surface area contributed by atoms with E-state index in [4.69, 9.17) is 4.74 Å². The maximum Gasteiger partial charge on any atom is 0.279 e. The molecule has 10 heteroatoms. The molecule has 2 aromatic rings. The van der Waals surface area contributed by atoms with Gasteiger partial charge in [0, 0.05) is 31.0 Å². The van der Waals surface area contributed by atoms with Crippen molar-refractivity contribution in [1.29, 1.82) is 0 Å². The van der Waals surface area contributed by atoms with E-state index >= 15 is 0 Å². The van der Waals surface area contributed by atoms with Gasteiger partial charge in [0.1, 0.15) is 17.7 Å². The van der Waals surface area contributed by atoms with Crippen LogP contribution in [0, 0.1) is 5.92 Å². The predicted molar refractivity (Wildman–Crippen MR) is 129 cm³/mol. The quantitative estimate of drug-likeness (QED) is 0.403. The van der Waals surface area contributed by atoms with Gasteiger partial charge in [-0.3, -0.25) is 5.32 Å². The fourth-order valence-corrected chi connectivity index (χ4v) is 5.71. The highest BCUT2D eigenvalue weighted by atomic mass is 32.2. The van der Waals surface area contributed by atoms with Crippen molar-refractivity contribution in [1.82, 2.24) is 10.2 Å². The lowest BCUT2D eigenvalue weighted by atomic mass is 10.2. The van der Waals surface area contributed by atoms with Crippen LogP contribution in [0.3, 0.4) is 0 Å². The first-order chi connectivity index (χ1) is 16.1. The van der Waals surface area contributed by atoms with E-state index in [-0.39, 0.29) is 27.2 Å². The van der Waals surface area contributed by atoms with Crippen molar-refractivity contribution < 1.29 is 27.0 Å². The van der Waals surface area contributed by atoms with Crippen molar-refractivity contribution in [2.75, 3.05) is 25.4 Å². The molecule has 186 valence electrons. The van der Waals surface area contributed by atoms with Crippen LogP contribution >= 0.6 is 11.3 Å². The van der Waals surface area contributed by atoms with E-state index in [0.717, 1.165) is 50.6 Å². The van der Waals surface area contributed by atoms with Gasteiger partial charge in [-0.05, 0) is 50.4 Å². The molecule has 1 unspecified atom stereocenters. The number of alkyl halides is 2. The fraction of sp³-hybridized carbons (Fsp3) is 0.500. The third-order valence-corrected chi connectivity index (χ3v) is 8.66. The first kappa shape index (κ1) is 25.2. The summed E-state index contributed by atoms with van der Waals surface area (Å²) < 4.78 is 58.8. The summed E-state index contributed by atoms with van der Waals surface area (Å²) in [6, 6.07) is 9.60. The van der Waals surface area contributed by atoms with Gasteiger partial charge in [-0.15, -0.1) is 11.3 Å². The van der Waals surface area contributed by atoms with Gasteiger partial charge in [-0.25, -0.2) is 17.2 Å². The van der Waals surface area contributed by atoms with Gasteiger partial charge in [0.15, 0.2) is 9.84 Å². The summed E-state index contributed by atoms with van der Waals surface area (Å²) in [4.78, 5) is 2.10. The fourth-order valence-electron chi connectivity index (χ4n) is 3.69. The summed E-state index contributed by atoms with van der Waals surface area (Å²) in [6.07, 6.45) is 3.19. The lowest BCUT2D eigenvalue weighted by Gasteiger charge is -2.30. The first-order valence-corrected chi connectivity index (χ1v) is 14.0. The van der Waals surface area contributed by atoms with Crippen LogP contribution < -0.4 is 10.1 Å². The molecular weight excluding hydrogens is 482 g/mol. The van der Waals surface area contributed by atoms with Crippen molar-refractivity contribution in [3.8, 4) is 11.5 Å². The zero-order chi connectivity index (χ0) is 24.3. The molecule has 1 aromatic heterocycles. The van der Waals surface area contributed by atoms with Gasteiger partial charge in [0.05, 0.1) is 15.5 Å². The number of ether oxygens (including phenoxy) is 1. The lowest BCUT2D eigenvalue weighted by Crippen LogP contribution is -2.40. The molecule has 1 aromatic carbocycles. The number of para-hydroxylation sites is 1. The lowest BCUT2D eigenvalue weighted by molar-refractivity contribution is 0.0214. The van der Waals surface area contributed by atoms with Crippen LogP contribution in [0.15, 0.2) is 47.9 Å². The van der Waals surface area contributed by atoms with Crippen LogP contribution in [-0.2, 0) is 15.8 Å². The number of benzene rings is 1. The molecule has 4 rings (SSSR count). The van der Waals surface area contributed by atoms with E-state index in [2.05, 4.69) is 10.2 Å². The summed E-state index contributed by atoms with van der Waals surface area (Å²) >= 11 is 0.776. The van der Waals surface area contributed by atoms with Crippen LogP contribution in [0.2, 0.25) is 0 Å². The normalized spacial score (nSPS) is 19.2. The number of likely N-dealkylation sites (tertiary alicyclic amines) is 1. The molecule has 0 spiro atoms. The topological polar surface area (TPSA) is 78.9 Å². The molecule has 1 aliphatic carbocycles. The summed E-state index contributed by atoms with van der Waals surface area (Å²) in [6.45, 7) is 3.19. The van der Waals surface area contributed by atoms with Crippen molar-refractivity contribution in [2.45, 2.75) is 44.4 Å². The second-order valence-electron chi connectivity index (χ2n) is 8.97. The molecule has 1 saturated carbocycles. The smallest absolute Gasteiger partial charge is 0.279 e. The number of aliphatic hydroxyl groups excluding tert-OH is 1. The Morgan fingerprint density at radius 3 is 2.59 bits per heavy atom. The van der Waals surface area contributed by atoms with E-state index in [1.165, 1.54) is 11.5 Å². The van der Waals surface area contributed by atoms with Crippen LogP contribution in [0.5, 0.6) is 11.5 Å². The van der Waals surface area contributed by atoms with E-state index in [9.17, 15) is 22.3 Å².